The molecule has 0 bridgehead atoms. The summed E-state index contributed by atoms with van der Waals surface area (Å²) in [5.74, 6) is 0.0886. The normalized spacial score (nSPS) is 15.5. The first-order valence-corrected chi connectivity index (χ1v) is 11.7. The summed E-state index contributed by atoms with van der Waals surface area (Å²) in [6, 6.07) is 12.8. The molecule has 0 amide bonds. The molecule has 172 valence electrons. The van der Waals surface area contributed by atoms with E-state index in [9.17, 15) is 17.4 Å². The molecular weight excluding hydrogens is 451 g/mol. The lowest BCUT2D eigenvalue weighted by Gasteiger charge is -2.31. The van der Waals surface area contributed by atoms with E-state index in [1.54, 1.807) is 13.2 Å². The van der Waals surface area contributed by atoms with E-state index in [0.717, 1.165) is 55.6 Å². The van der Waals surface area contributed by atoms with Gasteiger partial charge in [0.1, 0.15) is 11.6 Å². The summed E-state index contributed by atoms with van der Waals surface area (Å²) in [5.41, 5.74) is 0.670. The maximum atomic E-state index is 14.0. The molecule has 0 aliphatic carbocycles. The molecule has 3 aromatic carbocycles. The van der Waals surface area contributed by atoms with Crippen LogP contribution in [0.3, 0.4) is 0 Å². The van der Waals surface area contributed by atoms with E-state index in [2.05, 4.69) is 10.2 Å². The van der Waals surface area contributed by atoms with Gasteiger partial charge in [0, 0.05) is 54.1 Å². The number of nitrogens with one attached hydrogen (secondary N) is 1. The Balaban J connectivity index is 1.75. The predicted octanol–water partition coefficient (Wildman–Crippen LogP) is 4.86. The van der Waals surface area contributed by atoms with Gasteiger partial charge in [-0.15, -0.1) is 0 Å². The van der Waals surface area contributed by atoms with Crippen LogP contribution in [0.4, 0.5) is 18.9 Å². The first kappa shape index (κ1) is 21.8. The molecule has 0 saturated carbocycles. The number of halogens is 3. The minimum atomic E-state index is -2.78. The van der Waals surface area contributed by atoms with Crippen molar-refractivity contribution in [3.63, 3.8) is 0 Å². The number of aromatic nitrogens is 1. The lowest BCUT2D eigenvalue weighted by atomic mass is 10.1. The summed E-state index contributed by atoms with van der Waals surface area (Å²) in [6.07, 6.45) is -1.62. The zero-order valence-corrected chi connectivity index (χ0v) is 18.7. The van der Waals surface area contributed by atoms with Crippen LogP contribution in [0.25, 0.3) is 21.7 Å². The predicted molar refractivity (Wildman–Crippen MR) is 124 cm³/mol. The lowest BCUT2D eigenvalue weighted by Crippen LogP contribution is -2.43. The molecule has 1 N–H and O–H groups in total. The van der Waals surface area contributed by atoms with Gasteiger partial charge < -0.3 is 15.0 Å². The van der Waals surface area contributed by atoms with E-state index in [4.69, 9.17) is 4.74 Å². The minimum absolute atomic E-state index is 0.159. The molecule has 0 radical (unpaired) electrons. The second kappa shape index (κ2) is 8.72. The Hall–Kier alpha value is -3.04. The molecular formula is C24H22F3N3O2S. The van der Waals surface area contributed by atoms with Crippen molar-refractivity contribution in [3.05, 3.63) is 66.1 Å². The van der Waals surface area contributed by atoms with Crippen molar-refractivity contribution in [1.82, 2.24) is 9.29 Å². The molecule has 1 unspecified atom stereocenters. The number of fused-ring (bicyclic) bond motifs is 2. The molecule has 0 spiro atoms. The molecule has 5 rings (SSSR count). The summed E-state index contributed by atoms with van der Waals surface area (Å²) < 4.78 is 62.3. The van der Waals surface area contributed by atoms with E-state index in [1.807, 2.05) is 24.3 Å². The number of alkyl halides is 2. The molecule has 1 aliphatic rings. The zero-order valence-electron chi connectivity index (χ0n) is 17.9. The Morgan fingerprint density at radius 2 is 1.76 bits per heavy atom. The van der Waals surface area contributed by atoms with Crippen LogP contribution in [0.1, 0.15) is 12.0 Å². The molecule has 1 saturated heterocycles. The molecule has 4 aromatic rings. The zero-order chi connectivity index (χ0) is 23.1. The van der Waals surface area contributed by atoms with Crippen molar-refractivity contribution in [2.45, 2.75) is 11.3 Å². The van der Waals surface area contributed by atoms with E-state index in [-0.39, 0.29) is 16.5 Å². The Morgan fingerprint density at radius 3 is 2.45 bits per heavy atom. The maximum Gasteiger partial charge on any atom is 0.265 e. The van der Waals surface area contributed by atoms with Crippen LogP contribution in [-0.2, 0) is 11.0 Å². The van der Waals surface area contributed by atoms with Crippen LogP contribution in [0.5, 0.6) is 5.75 Å². The summed E-state index contributed by atoms with van der Waals surface area (Å²) in [4.78, 5) is 2.60. The van der Waals surface area contributed by atoms with E-state index < -0.39 is 23.2 Å². The van der Waals surface area contributed by atoms with Crippen LogP contribution in [0, 0.1) is 5.82 Å². The van der Waals surface area contributed by atoms with Gasteiger partial charge >= 0.3 is 0 Å². The number of methoxy groups -OCH3 is 1. The summed E-state index contributed by atoms with van der Waals surface area (Å²) in [7, 11) is -0.308. The number of hydrogen-bond acceptors (Lipinski definition) is 4. The van der Waals surface area contributed by atoms with Gasteiger partial charge in [-0.25, -0.2) is 17.4 Å². The highest BCUT2D eigenvalue weighted by molar-refractivity contribution is 7.84. The van der Waals surface area contributed by atoms with Crippen LogP contribution in [-0.4, -0.2) is 41.5 Å². The van der Waals surface area contributed by atoms with Crippen LogP contribution < -0.4 is 15.0 Å². The highest BCUT2D eigenvalue weighted by atomic mass is 32.2. The minimum Gasteiger partial charge on any atom is -0.494 e. The van der Waals surface area contributed by atoms with E-state index in [0.29, 0.717) is 16.0 Å². The molecule has 9 heteroatoms. The first-order valence-electron chi connectivity index (χ1n) is 10.6. The monoisotopic (exact) mass is 473 g/mol. The van der Waals surface area contributed by atoms with Gasteiger partial charge in [0.2, 0.25) is 0 Å². The van der Waals surface area contributed by atoms with Crippen LogP contribution >= 0.6 is 0 Å². The van der Waals surface area contributed by atoms with Gasteiger partial charge in [0.25, 0.3) is 6.43 Å². The molecule has 2 heterocycles. The van der Waals surface area contributed by atoms with Crippen molar-refractivity contribution in [2.24, 2.45) is 0 Å². The fraction of sp³-hybridized carbons (Fsp3) is 0.250. The lowest BCUT2D eigenvalue weighted by molar-refractivity contribution is 0.153. The Bertz CT molecular complexity index is 1370. The third-order valence-electron chi connectivity index (χ3n) is 5.97. The second-order valence-electron chi connectivity index (χ2n) is 7.83. The van der Waals surface area contributed by atoms with Crippen molar-refractivity contribution in [3.8, 4) is 5.75 Å². The van der Waals surface area contributed by atoms with E-state index >= 15 is 0 Å². The van der Waals surface area contributed by atoms with Crippen molar-refractivity contribution in [1.29, 1.82) is 0 Å². The van der Waals surface area contributed by atoms with Gasteiger partial charge in [-0.2, -0.15) is 0 Å². The summed E-state index contributed by atoms with van der Waals surface area (Å²) in [6.45, 7) is 3.09. The molecule has 1 aliphatic heterocycles. The average molecular weight is 474 g/mol. The number of hydrogen-bond donors (Lipinski definition) is 1. The Labute approximate surface area is 191 Å². The fourth-order valence-corrected chi connectivity index (χ4v) is 5.74. The third kappa shape index (κ3) is 3.75. The van der Waals surface area contributed by atoms with Crippen molar-refractivity contribution in [2.75, 3.05) is 38.2 Å². The number of ether oxygens (including phenoxy) is 1. The Morgan fingerprint density at radius 1 is 1.03 bits per heavy atom. The van der Waals surface area contributed by atoms with Gasteiger partial charge in [0.05, 0.1) is 23.2 Å². The Kier molecular flexibility index (Phi) is 5.76. The SMILES string of the molecule is COc1c(N2CCNCC2)cc(S(=O)n2cc(C(F)F)c3ccc(F)cc32)c2ccccc12. The summed E-state index contributed by atoms with van der Waals surface area (Å²) >= 11 is 0. The quantitative estimate of drug-likeness (QED) is 0.450. The molecule has 33 heavy (non-hydrogen) atoms. The second-order valence-corrected chi connectivity index (χ2v) is 9.16. The van der Waals surface area contributed by atoms with Crippen LogP contribution in [0.2, 0.25) is 0 Å². The van der Waals surface area contributed by atoms with Crippen LogP contribution in [0.15, 0.2) is 59.6 Å². The number of anilines is 1. The van der Waals surface area contributed by atoms with Crippen molar-refractivity contribution >= 4 is 38.3 Å². The smallest absolute Gasteiger partial charge is 0.265 e. The number of rotatable bonds is 5. The topological polar surface area (TPSA) is 46.5 Å². The fourth-order valence-electron chi connectivity index (χ4n) is 4.41. The largest absolute Gasteiger partial charge is 0.494 e. The number of nitrogens with zero attached hydrogens (tertiary/aromatic N) is 2. The number of benzene rings is 3. The molecule has 5 nitrogen and oxygen atoms in total. The van der Waals surface area contributed by atoms with E-state index in [1.165, 1.54) is 10.0 Å². The average Bonchev–Trinajstić information content (AvgIpc) is 3.22. The van der Waals surface area contributed by atoms with Gasteiger partial charge in [-0.05, 0) is 24.3 Å². The molecule has 1 aromatic heterocycles. The summed E-state index contributed by atoms with van der Waals surface area (Å²) in [5, 5.41) is 4.95. The molecule has 1 fully saturated rings. The molecule has 1 atom stereocenters. The standard InChI is InChI=1S/C24H22F3N3O2S/c1-32-23-18-5-3-2-4-17(18)22(13-21(23)29-10-8-28-9-11-29)33(31)30-14-19(24(26)27)16-7-6-15(25)12-20(16)30/h2-7,12-14,24,28H,8-11H2,1H3. The highest BCUT2D eigenvalue weighted by Crippen LogP contribution is 2.41. The maximum absolute atomic E-state index is 14.0. The van der Waals surface area contributed by atoms with Crippen molar-refractivity contribution < 1.29 is 22.1 Å². The number of piperazine rings is 1. The first-order chi connectivity index (χ1) is 16.0. The van der Waals surface area contributed by atoms with Gasteiger partial charge in [0.15, 0.2) is 11.0 Å². The third-order valence-corrected chi connectivity index (χ3v) is 7.34. The van der Waals surface area contributed by atoms with Gasteiger partial charge in [-0.3, -0.25) is 3.97 Å². The highest BCUT2D eigenvalue weighted by Gasteiger charge is 2.25. The van der Waals surface area contributed by atoms with Gasteiger partial charge in [-0.1, -0.05) is 24.3 Å².